The number of hydrogen-bond donors (Lipinski definition) is 1. The number of aromatic nitrogens is 2. The van der Waals surface area contributed by atoms with Crippen molar-refractivity contribution in [2.75, 3.05) is 0 Å². The smallest absolute Gasteiger partial charge is 0.111 e. The molecule has 2 rings (SSSR count). The van der Waals surface area contributed by atoms with Crippen LogP contribution in [-0.4, -0.2) is 15.6 Å². The van der Waals surface area contributed by atoms with Gasteiger partial charge in [-0.1, -0.05) is 18.5 Å². The molecular weight excluding hydrogens is 246 g/mol. The van der Waals surface area contributed by atoms with Gasteiger partial charge in [0.05, 0.1) is 11.0 Å². The van der Waals surface area contributed by atoms with E-state index in [1.807, 2.05) is 18.2 Å². The van der Waals surface area contributed by atoms with Crippen molar-refractivity contribution in [1.82, 2.24) is 9.55 Å². The van der Waals surface area contributed by atoms with E-state index >= 15 is 0 Å². The Labute approximate surface area is 113 Å². The third kappa shape index (κ3) is 2.52. The highest BCUT2D eigenvalue weighted by Gasteiger charge is 2.15. The van der Waals surface area contributed by atoms with Crippen molar-refractivity contribution in [3.8, 4) is 0 Å². The summed E-state index contributed by atoms with van der Waals surface area (Å²) < 4.78 is 2.25. The lowest BCUT2D eigenvalue weighted by Crippen LogP contribution is -2.24. The van der Waals surface area contributed by atoms with Crippen LogP contribution in [0.15, 0.2) is 18.2 Å². The molecule has 1 unspecified atom stereocenters. The highest BCUT2D eigenvalue weighted by Crippen LogP contribution is 2.24. The Morgan fingerprint density at radius 2 is 2.11 bits per heavy atom. The van der Waals surface area contributed by atoms with Crippen molar-refractivity contribution < 1.29 is 0 Å². The average Bonchev–Trinajstić information content (AvgIpc) is 2.65. The maximum absolute atomic E-state index is 6.05. The van der Waals surface area contributed by atoms with Gasteiger partial charge in [-0.25, -0.2) is 4.98 Å². The van der Waals surface area contributed by atoms with Gasteiger partial charge in [-0.15, -0.1) is 0 Å². The monoisotopic (exact) mass is 265 g/mol. The van der Waals surface area contributed by atoms with Crippen LogP contribution in [0.3, 0.4) is 0 Å². The van der Waals surface area contributed by atoms with E-state index in [2.05, 4.69) is 30.3 Å². The Morgan fingerprint density at radius 3 is 2.72 bits per heavy atom. The molecule has 4 heteroatoms. The zero-order valence-corrected chi connectivity index (χ0v) is 11.9. The number of nitrogens with two attached hydrogens (primary N) is 1. The molecule has 0 saturated carbocycles. The Hall–Kier alpha value is -1.06. The summed E-state index contributed by atoms with van der Waals surface area (Å²) in [6.07, 6.45) is 1.77. The molecule has 0 fully saturated rings. The molecule has 2 N–H and O–H groups in total. The number of hydrogen-bond acceptors (Lipinski definition) is 2. The van der Waals surface area contributed by atoms with E-state index in [0.29, 0.717) is 6.04 Å². The van der Waals surface area contributed by atoms with Crippen LogP contribution in [0.4, 0.5) is 0 Å². The molecule has 0 saturated heterocycles. The van der Waals surface area contributed by atoms with Crippen LogP contribution < -0.4 is 5.73 Å². The summed E-state index contributed by atoms with van der Waals surface area (Å²) in [5.41, 5.74) is 8.13. The van der Waals surface area contributed by atoms with Crippen molar-refractivity contribution in [1.29, 1.82) is 0 Å². The van der Waals surface area contributed by atoms with Gasteiger partial charge >= 0.3 is 0 Å². The Morgan fingerprint density at radius 1 is 1.39 bits per heavy atom. The lowest BCUT2D eigenvalue weighted by atomic mass is 10.1. The van der Waals surface area contributed by atoms with Crippen LogP contribution in [0.5, 0.6) is 0 Å². The van der Waals surface area contributed by atoms with Gasteiger partial charge in [0.15, 0.2) is 0 Å². The molecular formula is C14H20ClN3. The largest absolute Gasteiger partial charge is 0.327 e. The van der Waals surface area contributed by atoms with Gasteiger partial charge in [-0.05, 0) is 38.5 Å². The van der Waals surface area contributed by atoms with E-state index in [0.717, 1.165) is 34.7 Å². The minimum atomic E-state index is 0.162. The van der Waals surface area contributed by atoms with Crippen molar-refractivity contribution >= 4 is 22.6 Å². The lowest BCUT2D eigenvalue weighted by molar-refractivity contribution is 0.547. The van der Waals surface area contributed by atoms with Crippen LogP contribution in [0.1, 0.15) is 39.1 Å². The fourth-order valence-corrected chi connectivity index (χ4v) is 2.39. The molecule has 0 aliphatic heterocycles. The third-order valence-corrected chi connectivity index (χ3v) is 3.45. The highest BCUT2D eigenvalue weighted by molar-refractivity contribution is 6.31. The molecule has 0 aliphatic rings. The Kier molecular flexibility index (Phi) is 3.93. The van der Waals surface area contributed by atoms with Crippen molar-refractivity contribution in [2.24, 2.45) is 5.73 Å². The number of halogens is 1. The van der Waals surface area contributed by atoms with E-state index in [9.17, 15) is 0 Å². The van der Waals surface area contributed by atoms with E-state index in [-0.39, 0.29) is 6.04 Å². The van der Waals surface area contributed by atoms with E-state index in [1.165, 1.54) is 0 Å². The summed E-state index contributed by atoms with van der Waals surface area (Å²) >= 11 is 6.02. The summed E-state index contributed by atoms with van der Waals surface area (Å²) in [7, 11) is 0. The normalized spacial score (nSPS) is 13.4. The first-order valence-corrected chi connectivity index (χ1v) is 6.82. The van der Waals surface area contributed by atoms with Gasteiger partial charge in [0.25, 0.3) is 0 Å². The second-order valence-corrected chi connectivity index (χ2v) is 5.43. The molecule has 1 aromatic carbocycles. The maximum Gasteiger partial charge on any atom is 0.111 e. The van der Waals surface area contributed by atoms with Gasteiger partial charge in [-0.2, -0.15) is 0 Å². The van der Waals surface area contributed by atoms with Crippen LogP contribution in [0, 0.1) is 0 Å². The molecule has 3 nitrogen and oxygen atoms in total. The van der Waals surface area contributed by atoms with Gasteiger partial charge in [0, 0.05) is 23.5 Å². The average molecular weight is 266 g/mol. The number of benzene rings is 1. The molecule has 0 amide bonds. The lowest BCUT2D eigenvalue weighted by Gasteiger charge is -2.15. The van der Waals surface area contributed by atoms with Crippen molar-refractivity contribution in [2.45, 2.75) is 45.7 Å². The van der Waals surface area contributed by atoms with Gasteiger partial charge < -0.3 is 10.3 Å². The highest BCUT2D eigenvalue weighted by atomic mass is 35.5. The predicted molar refractivity (Wildman–Crippen MR) is 77.1 cm³/mol. The van der Waals surface area contributed by atoms with Gasteiger partial charge in [0.1, 0.15) is 5.82 Å². The molecule has 1 heterocycles. The SMILES string of the molecule is CCC(N)Cc1nc2cc(Cl)ccc2n1C(C)C. The van der Waals surface area contributed by atoms with Crippen molar-refractivity contribution in [3.05, 3.63) is 29.0 Å². The second-order valence-electron chi connectivity index (χ2n) is 5.00. The number of imidazole rings is 1. The van der Waals surface area contributed by atoms with Crippen LogP contribution >= 0.6 is 11.6 Å². The van der Waals surface area contributed by atoms with Crippen molar-refractivity contribution in [3.63, 3.8) is 0 Å². The summed E-state index contributed by atoms with van der Waals surface area (Å²) in [6, 6.07) is 6.39. The summed E-state index contributed by atoms with van der Waals surface area (Å²) in [6.45, 7) is 6.43. The van der Waals surface area contributed by atoms with E-state index in [1.54, 1.807) is 0 Å². The second kappa shape index (κ2) is 5.29. The fourth-order valence-electron chi connectivity index (χ4n) is 2.22. The molecule has 1 atom stereocenters. The third-order valence-electron chi connectivity index (χ3n) is 3.21. The first-order valence-electron chi connectivity index (χ1n) is 6.44. The Bertz CT molecular complexity index is 545. The topological polar surface area (TPSA) is 43.8 Å². The van der Waals surface area contributed by atoms with E-state index in [4.69, 9.17) is 17.3 Å². The minimum absolute atomic E-state index is 0.162. The zero-order chi connectivity index (χ0) is 13.3. The summed E-state index contributed by atoms with van der Waals surface area (Å²) in [5.74, 6) is 1.05. The molecule has 0 bridgehead atoms. The standard InChI is InChI=1S/C14H20ClN3/c1-4-11(16)8-14-17-12-7-10(15)5-6-13(12)18(14)9(2)3/h5-7,9,11H,4,8,16H2,1-3H3. The zero-order valence-electron chi connectivity index (χ0n) is 11.2. The molecule has 0 aliphatic carbocycles. The molecule has 98 valence electrons. The first-order chi connectivity index (χ1) is 8.52. The maximum atomic E-state index is 6.05. The fraction of sp³-hybridized carbons (Fsp3) is 0.500. The molecule has 1 aromatic heterocycles. The number of nitrogens with zero attached hydrogens (tertiary/aromatic N) is 2. The van der Waals surface area contributed by atoms with Gasteiger partial charge in [-0.3, -0.25) is 0 Å². The molecule has 2 aromatic rings. The van der Waals surface area contributed by atoms with Crippen LogP contribution in [0.25, 0.3) is 11.0 Å². The first kappa shape index (κ1) is 13.4. The van der Waals surface area contributed by atoms with E-state index < -0.39 is 0 Å². The molecule has 18 heavy (non-hydrogen) atoms. The molecule has 0 radical (unpaired) electrons. The summed E-state index contributed by atoms with van der Waals surface area (Å²) in [5, 5.41) is 0.724. The van der Waals surface area contributed by atoms with Crippen LogP contribution in [-0.2, 0) is 6.42 Å². The Balaban J connectivity index is 2.54. The van der Waals surface area contributed by atoms with Gasteiger partial charge in [0.2, 0.25) is 0 Å². The number of rotatable bonds is 4. The summed E-state index contributed by atoms with van der Waals surface area (Å²) in [4.78, 5) is 4.68. The number of fused-ring (bicyclic) bond motifs is 1. The minimum Gasteiger partial charge on any atom is -0.327 e. The molecule has 0 spiro atoms. The quantitative estimate of drug-likeness (QED) is 0.919. The van der Waals surface area contributed by atoms with Crippen LogP contribution in [0.2, 0.25) is 5.02 Å². The predicted octanol–water partition coefficient (Wildman–Crippen LogP) is 3.55.